The van der Waals surface area contributed by atoms with Crippen LogP contribution in [0.2, 0.25) is 10.0 Å². The first-order chi connectivity index (χ1) is 9.58. The van der Waals surface area contributed by atoms with Crippen LogP contribution in [0.15, 0.2) is 23.2 Å². The van der Waals surface area contributed by atoms with Gasteiger partial charge in [0.1, 0.15) is 0 Å². The summed E-state index contributed by atoms with van der Waals surface area (Å²) in [7, 11) is 3.65. The first-order valence-corrected chi connectivity index (χ1v) is 7.26. The summed E-state index contributed by atoms with van der Waals surface area (Å²) in [4.78, 5) is 6.53. The summed E-state index contributed by atoms with van der Waals surface area (Å²) in [5.74, 6) is 0.843. The van der Waals surface area contributed by atoms with Crippen LogP contribution in [-0.4, -0.2) is 44.7 Å². The summed E-state index contributed by atoms with van der Waals surface area (Å²) in [6.45, 7) is 4.80. The Balaban J connectivity index is 0.00000400. The Kier molecular flexibility index (Phi) is 11.2. The van der Waals surface area contributed by atoms with Crippen molar-refractivity contribution >= 4 is 53.1 Å². The van der Waals surface area contributed by atoms with E-state index in [1.54, 1.807) is 7.11 Å². The third-order valence-electron chi connectivity index (χ3n) is 2.66. The van der Waals surface area contributed by atoms with Gasteiger partial charge in [0.05, 0.1) is 23.2 Å². The Morgan fingerprint density at radius 1 is 1.33 bits per heavy atom. The molecule has 0 atom stereocenters. The van der Waals surface area contributed by atoms with Gasteiger partial charge in [-0.15, -0.1) is 24.0 Å². The fraction of sp³-hybridized carbons (Fsp3) is 0.500. The highest BCUT2D eigenvalue weighted by molar-refractivity contribution is 14.0. The molecule has 1 N–H and O–H groups in total. The average molecular weight is 446 g/mol. The van der Waals surface area contributed by atoms with Crippen LogP contribution in [0, 0.1) is 0 Å². The van der Waals surface area contributed by atoms with Crippen LogP contribution < -0.4 is 5.32 Å². The van der Waals surface area contributed by atoms with Crippen LogP contribution in [0.25, 0.3) is 0 Å². The van der Waals surface area contributed by atoms with Gasteiger partial charge < -0.3 is 15.0 Å². The van der Waals surface area contributed by atoms with E-state index in [2.05, 4.69) is 10.3 Å². The van der Waals surface area contributed by atoms with Gasteiger partial charge in [0, 0.05) is 27.2 Å². The molecule has 120 valence electrons. The lowest BCUT2D eigenvalue weighted by Crippen LogP contribution is -2.38. The highest BCUT2D eigenvalue weighted by Crippen LogP contribution is 2.23. The quantitative estimate of drug-likeness (QED) is 0.314. The number of aliphatic imine (C=N–C) groups is 1. The van der Waals surface area contributed by atoms with Crippen LogP contribution in [0.3, 0.4) is 0 Å². The largest absolute Gasteiger partial charge is 0.383 e. The predicted octanol–water partition coefficient (Wildman–Crippen LogP) is 3.66. The van der Waals surface area contributed by atoms with Crippen molar-refractivity contribution in [2.45, 2.75) is 13.5 Å². The monoisotopic (exact) mass is 445 g/mol. The fourth-order valence-electron chi connectivity index (χ4n) is 1.70. The van der Waals surface area contributed by atoms with E-state index in [-0.39, 0.29) is 24.0 Å². The topological polar surface area (TPSA) is 36.9 Å². The molecule has 0 aliphatic rings. The van der Waals surface area contributed by atoms with Gasteiger partial charge in [0.2, 0.25) is 0 Å². The third kappa shape index (κ3) is 7.54. The normalized spacial score (nSPS) is 11.0. The molecule has 0 bridgehead atoms. The number of ether oxygens (including phenoxy) is 1. The Morgan fingerprint density at radius 3 is 2.62 bits per heavy atom. The summed E-state index contributed by atoms with van der Waals surface area (Å²) >= 11 is 11.9. The zero-order valence-corrected chi connectivity index (χ0v) is 16.4. The van der Waals surface area contributed by atoms with Crippen LogP contribution in [-0.2, 0) is 11.3 Å². The lowest BCUT2D eigenvalue weighted by molar-refractivity contribution is 0.207. The zero-order chi connectivity index (χ0) is 15.0. The molecule has 4 nitrogen and oxygen atoms in total. The van der Waals surface area contributed by atoms with Crippen LogP contribution >= 0.6 is 47.2 Å². The number of hydrogen-bond acceptors (Lipinski definition) is 2. The number of nitrogens with one attached hydrogen (secondary N) is 1. The molecule has 0 heterocycles. The highest BCUT2D eigenvalue weighted by Gasteiger charge is 2.07. The average Bonchev–Trinajstić information content (AvgIpc) is 2.42. The maximum Gasteiger partial charge on any atom is 0.194 e. The van der Waals surface area contributed by atoms with E-state index >= 15 is 0 Å². The Morgan fingerprint density at radius 2 is 2.05 bits per heavy atom. The molecule has 0 amide bonds. The number of benzene rings is 1. The van der Waals surface area contributed by atoms with E-state index in [1.165, 1.54) is 0 Å². The second-order valence-corrected chi connectivity index (χ2v) is 5.15. The first-order valence-electron chi connectivity index (χ1n) is 6.50. The van der Waals surface area contributed by atoms with Crippen molar-refractivity contribution in [2.75, 3.05) is 33.9 Å². The van der Waals surface area contributed by atoms with Crippen molar-refractivity contribution in [3.8, 4) is 0 Å². The molecule has 0 fully saturated rings. The zero-order valence-electron chi connectivity index (χ0n) is 12.5. The van der Waals surface area contributed by atoms with Crippen molar-refractivity contribution in [1.82, 2.24) is 10.2 Å². The van der Waals surface area contributed by atoms with Gasteiger partial charge in [-0.1, -0.05) is 29.3 Å². The summed E-state index contributed by atoms with van der Waals surface area (Å²) in [5, 5.41) is 4.39. The number of nitrogens with zero attached hydrogens (tertiary/aromatic N) is 2. The lowest BCUT2D eigenvalue weighted by Gasteiger charge is -2.22. The molecular weight excluding hydrogens is 424 g/mol. The van der Waals surface area contributed by atoms with Crippen LogP contribution in [0.4, 0.5) is 0 Å². The fourth-order valence-corrected chi connectivity index (χ4v) is 2.02. The second kappa shape index (κ2) is 11.3. The van der Waals surface area contributed by atoms with E-state index in [9.17, 15) is 0 Å². The van der Waals surface area contributed by atoms with E-state index in [0.29, 0.717) is 29.7 Å². The molecule has 0 saturated carbocycles. The minimum Gasteiger partial charge on any atom is -0.383 e. The molecule has 0 aliphatic carbocycles. The van der Waals surface area contributed by atoms with Crippen molar-refractivity contribution < 1.29 is 4.74 Å². The van der Waals surface area contributed by atoms with E-state index in [1.807, 2.05) is 37.1 Å². The van der Waals surface area contributed by atoms with E-state index in [4.69, 9.17) is 27.9 Å². The van der Waals surface area contributed by atoms with Gasteiger partial charge in [0.15, 0.2) is 5.96 Å². The van der Waals surface area contributed by atoms with Gasteiger partial charge in [-0.05, 0) is 24.6 Å². The first kappa shape index (κ1) is 20.8. The standard InChI is InChI=1S/C14H21Cl2N3O.HI/c1-4-17-14(18-7-8-20-3)19(2)10-11-5-6-12(15)13(16)9-11;/h5-6,9H,4,7-8,10H2,1-3H3,(H,17,18);1H. The summed E-state index contributed by atoms with van der Waals surface area (Å²) in [6.07, 6.45) is 0. The number of halogens is 3. The van der Waals surface area contributed by atoms with Crippen molar-refractivity contribution in [2.24, 2.45) is 4.99 Å². The molecule has 0 aliphatic heterocycles. The molecule has 0 spiro atoms. The molecular formula is C14H22Cl2IN3O. The van der Waals surface area contributed by atoms with Gasteiger partial charge in [-0.3, -0.25) is 4.99 Å². The highest BCUT2D eigenvalue weighted by atomic mass is 127. The van der Waals surface area contributed by atoms with Gasteiger partial charge in [-0.2, -0.15) is 0 Å². The maximum absolute atomic E-state index is 6.03. The van der Waals surface area contributed by atoms with Crippen molar-refractivity contribution in [3.05, 3.63) is 33.8 Å². The molecule has 0 radical (unpaired) electrons. The molecule has 1 aromatic rings. The smallest absolute Gasteiger partial charge is 0.194 e. The van der Waals surface area contributed by atoms with Crippen molar-refractivity contribution in [3.63, 3.8) is 0 Å². The Bertz CT molecular complexity index is 458. The summed E-state index contributed by atoms with van der Waals surface area (Å²) in [5.41, 5.74) is 1.08. The third-order valence-corrected chi connectivity index (χ3v) is 3.40. The molecule has 21 heavy (non-hydrogen) atoms. The molecule has 1 rings (SSSR count). The molecule has 0 unspecified atom stereocenters. The predicted molar refractivity (Wildman–Crippen MR) is 101 cm³/mol. The molecule has 1 aromatic carbocycles. The number of hydrogen-bond donors (Lipinski definition) is 1. The van der Waals surface area contributed by atoms with Crippen LogP contribution in [0.5, 0.6) is 0 Å². The molecule has 0 saturated heterocycles. The van der Waals surface area contributed by atoms with Crippen molar-refractivity contribution in [1.29, 1.82) is 0 Å². The maximum atomic E-state index is 6.03. The molecule has 7 heteroatoms. The second-order valence-electron chi connectivity index (χ2n) is 4.33. The van der Waals surface area contributed by atoms with Gasteiger partial charge >= 0.3 is 0 Å². The Labute approximate surface area is 153 Å². The van der Waals surface area contributed by atoms with E-state index in [0.717, 1.165) is 18.1 Å². The number of guanidine groups is 1. The minimum atomic E-state index is 0. The minimum absolute atomic E-state index is 0. The summed E-state index contributed by atoms with van der Waals surface area (Å²) in [6, 6.07) is 5.64. The van der Waals surface area contributed by atoms with Crippen LogP contribution in [0.1, 0.15) is 12.5 Å². The summed E-state index contributed by atoms with van der Waals surface area (Å²) < 4.78 is 5.01. The SMILES string of the molecule is CCNC(=NCCOC)N(C)Cc1ccc(Cl)c(Cl)c1.I. The lowest BCUT2D eigenvalue weighted by atomic mass is 10.2. The number of rotatable bonds is 6. The number of methoxy groups -OCH3 is 1. The van der Waals surface area contributed by atoms with E-state index < -0.39 is 0 Å². The molecule has 0 aromatic heterocycles. The van der Waals surface area contributed by atoms with Gasteiger partial charge in [0.25, 0.3) is 0 Å². The van der Waals surface area contributed by atoms with Gasteiger partial charge in [-0.25, -0.2) is 0 Å². The Hall–Kier alpha value is -0.240.